The maximum atomic E-state index is 12.5. The molecule has 1 aromatic rings. The van der Waals surface area contributed by atoms with Crippen molar-refractivity contribution in [2.24, 2.45) is 5.92 Å². The fraction of sp³-hybridized carbons (Fsp3) is 0.727. The SMILES string of the molecule is CC(C)C1(c2cnc(C(F)(F)F)s2)CCCN1. The van der Waals surface area contributed by atoms with Crippen LogP contribution in [0.15, 0.2) is 6.20 Å². The lowest BCUT2D eigenvalue weighted by Crippen LogP contribution is -2.41. The van der Waals surface area contributed by atoms with E-state index < -0.39 is 11.2 Å². The van der Waals surface area contributed by atoms with Gasteiger partial charge in [0.1, 0.15) is 0 Å². The van der Waals surface area contributed by atoms with Gasteiger partial charge in [-0.25, -0.2) is 4.98 Å². The summed E-state index contributed by atoms with van der Waals surface area (Å²) in [6, 6.07) is 0. The third-order valence-electron chi connectivity index (χ3n) is 3.36. The number of rotatable bonds is 2. The topological polar surface area (TPSA) is 24.9 Å². The minimum Gasteiger partial charge on any atom is -0.306 e. The van der Waals surface area contributed by atoms with Crippen LogP contribution >= 0.6 is 11.3 Å². The van der Waals surface area contributed by atoms with E-state index in [1.54, 1.807) is 0 Å². The molecule has 2 rings (SSSR count). The average Bonchev–Trinajstić information content (AvgIpc) is 2.86. The third-order valence-corrected chi connectivity index (χ3v) is 4.58. The van der Waals surface area contributed by atoms with Crippen LogP contribution in [-0.4, -0.2) is 11.5 Å². The van der Waals surface area contributed by atoms with E-state index in [0.29, 0.717) is 4.88 Å². The molecule has 0 saturated carbocycles. The van der Waals surface area contributed by atoms with Gasteiger partial charge in [0.25, 0.3) is 0 Å². The Hall–Kier alpha value is -0.620. The molecule has 0 aromatic carbocycles. The Balaban J connectivity index is 2.35. The lowest BCUT2D eigenvalue weighted by atomic mass is 9.84. The van der Waals surface area contributed by atoms with Crippen LogP contribution in [-0.2, 0) is 11.7 Å². The molecular weight excluding hydrogens is 249 g/mol. The molecule has 1 saturated heterocycles. The van der Waals surface area contributed by atoms with E-state index in [4.69, 9.17) is 0 Å². The van der Waals surface area contributed by atoms with Gasteiger partial charge in [-0.1, -0.05) is 13.8 Å². The highest BCUT2D eigenvalue weighted by Gasteiger charge is 2.42. The van der Waals surface area contributed by atoms with Crippen molar-refractivity contribution < 1.29 is 13.2 Å². The first-order valence-corrected chi connectivity index (χ1v) is 6.46. The van der Waals surface area contributed by atoms with E-state index in [1.807, 2.05) is 13.8 Å². The third kappa shape index (κ3) is 2.20. The highest BCUT2D eigenvalue weighted by atomic mass is 32.1. The maximum absolute atomic E-state index is 12.5. The summed E-state index contributed by atoms with van der Waals surface area (Å²) in [4.78, 5) is 4.22. The zero-order valence-corrected chi connectivity index (χ0v) is 10.6. The molecule has 1 N–H and O–H groups in total. The van der Waals surface area contributed by atoms with Crippen LogP contribution in [0.4, 0.5) is 13.2 Å². The summed E-state index contributed by atoms with van der Waals surface area (Å²) in [6.07, 6.45) is -1.08. The maximum Gasteiger partial charge on any atom is 0.443 e. The molecule has 96 valence electrons. The molecule has 2 heterocycles. The Morgan fingerprint density at radius 3 is 2.59 bits per heavy atom. The van der Waals surface area contributed by atoms with E-state index in [2.05, 4.69) is 10.3 Å². The summed E-state index contributed by atoms with van der Waals surface area (Å²) in [5.74, 6) is 0.256. The zero-order valence-electron chi connectivity index (χ0n) is 9.77. The normalized spacial score (nSPS) is 25.8. The van der Waals surface area contributed by atoms with E-state index >= 15 is 0 Å². The molecule has 1 aliphatic heterocycles. The Morgan fingerprint density at radius 1 is 1.47 bits per heavy atom. The lowest BCUT2D eigenvalue weighted by Gasteiger charge is -2.32. The van der Waals surface area contributed by atoms with Crippen LogP contribution in [0.5, 0.6) is 0 Å². The first kappa shape index (κ1) is 12.8. The molecule has 0 amide bonds. The van der Waals surface area contributed by atoms with Crippen molar-refractivity contribution in [3.8, 4) is 0 Å². The van der Waals surface area contributed by atoms with Gasteiger partial charge in [-0.15, -0.1) is 11.3 Å². The Kier molecular flexibility index (Phi) is 3.20. The predicted molar refractivity (Wildman–Crippen MR) is 60.9 cm³/mol. The van der Waals surface area contributed by atoms with E-state index in [9.17, 15) is 13.2 Å². The molecule has 1 aliphatic rings. The summed E-state index contributed by atoms with van der Waals surface area (Å²) in [5, 5.41) is 2.60. The number of hydrogen-bond acceptors (Lipinski definition) is 3. The molecule has 1 unspecified atom stereocenters. The number of hydrogen-bond donors (Lipinski definition) is 1. The van der Waals surface area contributed by atoms with Crippen molar-refractivity contribution >= 4 is 11.3 Å². The number of aromatic nitrogens is 1. The minimum atomic E-state index is -4.33. The minimum absolute atomic E-state index is 0.256. The van der Waals surface area contributed by atoms with Crippen LogP contribution < -0.4 is 5.32 Å². The molecule has 1 fully saturated rings. The first-order chi connectivity index (χ1) is 7.86. The molecule has 17 heavy (non-hydrogen) atoms. The fourth-order valence-electron chi connectivity index (χ4n) is 2.37. The molecule has 0 aliphatic carbocycles. The summed E-state index contributed by atoms with van der Waals surface area (Å²) in [7, 11) is 0. The lowest BCUT2D eigenvalue weighted by molar-refractivity contribution is -0.137. The summed E-state index contributed by atoms with van der Waals surface area (Å²) >= 11 is 0.766. The van der Waals surface area contributed by atoms with Crippen molar-refractivity contribution in [2.75, 3.05) is 6.54 Å². The van der Waals surface area contributed by atoms with Crippen molar-refractivity contribution in [1.29, 1.82) is 0 Å². The molecular formula is C11H15F3N2S. The predicted octanol–water partition coefficient (Wildman–Crippen LogP) is 3.40. The standard InChI is InChI=1S/C11H15F3N2S/c1-7(2)10(4-3-5-16-10)8-6-15-9(17-8)11(12,13)14/h6-7,16H,3-5H2,1-2H3. The van der Waals surface area contributed by atoms with Gasteiger partial charge < -0.3 is 5.32 Å². The second-order valence-electron chi connectivity index (χ2n) is 4.68. The van der Waals surface area contributed by atoms with Gasteiger partial charge in [-0.05, 0) is 25.3 Å². The van der Waals surface area contributed by atoms with Crippen LogP contribution in [0.2, 0.25) is 0 Å². The van der Waals surface area contributed by atoms with E-state index in [0.717, 1.165) is 30.7 Å². The highest BCUT2D eigenvalue weighted by Crippen LogP contribution is 2.43. The zero-order chi connectivity index (χ0) is 12.7. The summed E-state index contributed by atoms with van der Waals surface area (Å²) in [6.45, 7) is 4.92. The fourth-order valence-corrected chi connectivity index (χ4v) is 3.49. The van der Waals surface area contributed by atoms with E-state index in [1.165, 1.54) is 6.20 Å². The van der Waals surface area contributed by atoms with Gasteiger partial charge >= 0.3 is 6.18 Å². The Labute approximate surface area is 102 Å². The van der Waals surface area contributed by atoms with Crippen molar-refractivity contribution in [3.63, 3.8) is 0 Å². The molecule has 0 bridgehead atoms. The van der Waals surface area contributed by atoms with Gasteiger partial charge in [0.2, 0.25) is 0 Å². The monoisotopic (exact) mass is 264 g/mol. The van der Waals surface area contributed by atoms with Gasteiger partial charge in [0.05, 0.1) is 5.54 Å². The highest BCUT2D eigenvalue weighted by molar-refractivity contribution is 7.11. The molecule has 1 aromatic heterocycles. The first-order valence-electron chi connectivity index (χ1n) is 5.65. The number of alkyl halides is 3. The number of nitrogens with one attached hydrogen (secondary N) is 1. The largest absolute Gasteiger partial charge is 0.443 e. The molecule has 0 radical (unpaired) electrons. The summed E-state index contributed by atoms with van der Waals surface area (Å²) in [5.41, 5.74) is -0.318. The van der Waals surface area contributed by atoms with E-state index in [-0.39, 0.29) is 11.5 Å². The van der Waals surface area contributed by atoms with Crippen molar-refractivity contribution in [1.82, 2.24) is 10.3 Å². The second kappa shape index (κ2) is 4.24. The molecule has 0 spiro atoms. The van der Waals surface area contributed by atoms with Crippen LogP contribution in [0.3, 0.4) is 0 Å². The molecule has 2 nitrogen and oxygen atoms in total. The number of thiazole rings is 1. The number of halogens is 3. The average molecular weight is 264 g/mol. The van der Waals surface area contributed by atoms with Crippen molar-refractivity contribution in [2.45, 2.75) is 38.4 Å². The van der Waals surface area contributed by atoms with Gasteiger partial charge in [0.15, 0.2) is 5.01 Å². The van der Waals surface area contributed by atoms with Crippen molar-refractivity contribution in [3.05, 3.63) is 16.1 Å². The van der Waals surface area contributed by atoms with Gasteiger partial charge in [-0.3, -0.25) is 0 Å². The smallest absolute Gasteiger partial charge is 0.306 e. The second-order valence-corrected chi connectivity index (χ2v) is 5.71. The number of nitrogens with zero attached hydrogens (tertiary/aromatic N) is 1. The van der Waals surface area contributed by atoms with Crippen LogP contribution in [0.1, 0.15) is 36.6 Å². The van der Waals surface area contributed by atoms with Crippen LogP contribution in [0.25, 0.3) is 0 Å². The quantitative estimate of drug-likeness (QED) is 0.885. The molecule has 6 heteroatoms. The van der Waals surface area contributed by atoms with Crippen LogP contribution in [0, 0.1) is 5.92 Å². The van der Waals surface area contributed by atoms with Gasteiger partial charge in [0, 0.05) is 11.1 Å². The Morgan fingerprint density at radius 2 is 2.18 bits per heavy atom. The Bertz CT molecular complexity index is 392. The van der Waals surface area contributed by atoms with Gasteiger partial charge in [-0.2, -0.15) is 13.2 Å². The summed E-state index contributed by atoms with van der Waals surface area (Å²) < 4.78 is 37.6. The molecule has 1 atom stereocenters.